The van der Waals surface area contributed by atoms with Crippen molar-refractivity contribution in [1.29, 1.82) is 0 Å². The number of amides is 1. The van der Waals surface area contributed by atoms with E-state index in [0.717, 1.165) is 31.4 Å². The average Bonchev–Trinajstić information content (AvgIpc) is 2.97. The molecule has 1 aromatic heterocycles. The van der Waals surface area contributed by atoms with Gasteiger partial charge in [0.25, 0.3) is 0 Å². The predicted molar refractivity (Wildman–Crippen MR) is 105 cm³/mol. The molecule has 0 aromatic carbocycles. The van der Waals surface area contributed by atoms with Gasteiger partial charge in [0.15, 0.2) is 0 Å². The Labute approximate surface area is 167 Å². The van der Waals surface area contributed by atoms with Gasteiger partial charge in [-0.1, -0.05) is 6.08 Å². The van der Waals surface area contributed by atoms with Gasteiger partial charge in [-0.05, 0) is 46.5 Å². The molecule has 2 aliphatic rings. The highest BCUT2D eigenvalue weighted by atomic mass is 32.2. The van der Waals surface area contributed by atoms with Crippen LogP contribution >= 0.6 is 0 Å². The smallest absolute Gasteiger partial charge is 0.248 e. The summed E-state index contributed by atoms with van der Waals surface area (Å²) in [5.41, 5.74) is 2.00. The highest BCUT2D eigenvalue weighted by molar-refractivity contribution is 7.89. The van der Waals surface area contributed by atoms with E-state index >= 15 is 0 Å². The Morgan fingerprint density at radius 2 is 1.96 bits per heavy atom. The number of hydrogen-bond acceptors (Lipinski definition) is 5. The fourth-order valence-corrected chi connectivity index (χ4v) is 5.72. The monoisotopic (exact) mass is 410 g/mol. The van der Waals surface area contributed by atoms with Crippen molar-refractivity contribution in [2.75, 3.05) is 32.8 Å². The van der Waals surface area contributed by atoms with E-state index in [1.54, 1.807) is 18.7 Å². The third-order valence-electron chi connectivity index (χ3n) is 5.40. The minimum absolute atomic E-state index is 0.0382. The van der Waals surface area contributed by atoms with Gasteiger partial charge in [-0.3, -0.25) is 9.48 Å². The number of ether oxygens (including phenoxy) is 1. The first-order chi connectivity index (χ1) is 13.4. The van der Waals surface area contributed by atoms with Crippen molar-refractivity contribution >= 4 is 15.9 Å². The van der Waals surface area contributed by atoms with Crippen molar-refractivity contribution < 1.29 is 17.9 Å². The summed E-state index contributed by atoms with van der Waals surface area (Å²) in [6.07, 6.45) is 6.31. The lowest BCUT2D eigenvalue weighted by molar-refractivity contribution is -0.130. The largest absolute Gasteiger partial charge is 0.379 e. The summed E-state index contributed by atoms with van der Waals surface area (Å²) in [4.78, 5) is 14.9. The first-order valence-corrected chi connectivity index (χ1v) is 11.4. The van der Waals surface area contributed by atoms with E-state index < -0.39 is 10.0 Å². The molecule has 1 amide bonds. The fourth-order valence-electron chi connectivity index (χ4n) is 3.94. The van der Waals surface area contributed by atoms with Gasteiger partial charge in [0, 0.05) is 25.3 Å². The van der Waals surface area contributed by atoms with Crippen LogP contribution in [0.1, 0.15) is 44.0 Å². The van der Waals surface area contributed by atoms with Gasteiger partial charge in [-0.2, -0.15) is 9.40 Å². The van der Waals surface area contributed by atoms with Crippen molar-refractivity contribution in [2.24, 2.45) is 0 Å². The molecule has 0 atom stereocenters. The number of sulfonamides is 1. The molecule has 0 saturated carbocycles. The molecule has 2 heterocycles. The number of allylic oxidation sites excluding steroid dienone is 2. The fraction of sp³-hybridized carbons (Fsp3) is 0.684. The molecule has 0 spiro atoms. The Morgan fingerprint density at radius 3 is 2.57 bits per heavy atom. The van der Waals surface area contributed by atoms with Gasteiger partial charge in [-0.25, -0.2) is 8.42 Å². The van der Waals surface area contributed by atoms with Crippen LogP contribution in [-0.2, 0) is 26.1 Å². The molecule has 0 bridgehead atoms. The first kappa shape index (κ1) is 21.0. The van der Waals surface area contributed by atoms with E-state index in [0.29, 0.717) is 44.2 Å². The number of aryl methyl sites for hydroxylation is 1. The second kappa shape index (κ2) is 8.75. The van der Waals surface area contributed by atoms with Crippen molar-refractivity contribution in [1.82, 2.24) is 19.0 Å². The van der Waals surface area contributed by atoms with Crippen LogP contribution in [0.25, 0.3) is 0 Å². The number of morpholine rings is 1. The summed E-state index contributed by atoms with van der Waals surface area (Å²) in [6.45, 7) is 7.46. The van der Waals surface area contributed by atoms with Crippen molar-refractivity contribution in [2.45, 2.75) is 57.9 Å². The molecule has 0 unspecified atom stereocenters. The highest BCUT2D eigenvalue weighted by Crippen LogP contribution is 2.25. The lowest BCUT2D eigenvalue weighted by Gasteiger charge is -2.27. The number of rotatable bonds is 6. The number of likely N-dealkylation sites (N-methyl/N-ethyl adjacent to an activating group) is 1. The van der Waals surface area contributed by atoms with Crippen molar-refractivity contribution in [3.63, 3.8) is 0 Å². The van der Waals surface area contributed by atoms with E-state index in [2.05, 4.69) is 11.2 Å². The third kappa shape index (κ3) is 4.16. The van der Waals surface area contributed by atoms with E-state index in [1.807, 2.05) is 6.92 Å². The minimum atomic E-state index is -3.65. The van der Waals surface area contributed by atoms with E-state index in [4.69, 9.17) is 4.74 Å². The Hall–Kier alpha value is -1.71. The van der Waals surface area contributed by atoms with Crippen molar-refractivity contribution in [3.05, 3.63) is 23.2 Å². The Kier molecular flexibility index (Phi) is 6.57. The zero-order valence-electron chi connectivity index (χ0n) is 17.0. The summed E-state index contributed by atoms with van der Waals surface area (Å²) < 4.78 is 34.4. The molecule has 3 rings (SSSR count). The molecule has 28 heavy (non-hydrogen) atoms. The normalized spacial score (nSPS) is 18.8. The number of carbonyl (C=O) groups is 1. The number of carbonyl (C=O) groups excluding carboxylic acids is 1. The number of aromatic nitrogens is 2. The molecule has 0 N–H and O–H groups in total. The van der Waals surface area contributed by atoms with E-state index in [-0.39, 0.29) is 17.3 Å². The topological polar surface area (TPSA) is 84.7 Å². The quantitative estimate of drug-likeness (QED) is 0.714. The molecule has 1 aliphatic carbocycles. The summed E-state index contributed by atoms with van der Waals surface area (Å²) in [7, 11) is -3.65. The van der Waals surface area contributed by atoms with Crippen LogP contribution in [0.2, 0.25) is 0 Å². The molecule has 1 fully saturated rings. The van der Waals surface area contributed by atoms with Crippen LogP contribution in [0.4, 0.5) is 0 Å². The average molecular weight is 411 g/mol. The van der Waals surface area contributed by atoms with Crippen LogP contribution < -0.4 is 0 Å². The molecule has 1 aromatic rings. The van der Waals surface area contributed by atoms with Crippen LogP contribution in [-0.4, -0.2) is 66.2 Å². The van der Waals surface area contributed by atoms with Crippen LogP contribution in [0.5, 0.6) is 0 Å². The van der Waals surface area contributed by atoms with E-state index in [1.165, 1.54) is 8.99 Å². The van der Waals surface area contributed by atoms with Crippen LogP contribution in [0.3, 0.4) is 0 Å². The molecular formula is C19H30N4O4S. The van der Waals surface area contributed by atoms with Gasteiger partial charge in [-0.15, -0.1) is 0 Å². The first-order valence-electron chi connectivity index (χ1n) is 9.97. The predicted octanol–water partition coefficient (Wildman–Crippen LogP) is 1.83. The Morgan fingerprint density at radius 1 is 1.25 bits per heavy atom. The molecule has 0 radical (unpaired) electrons. The second-order valence-electron chi connectivity index (χ2n) is 7.25. The van der Waals surface area contributed by atoms with Gasteiger partial charge >= 0.3 is 0 Å². The minimum Gasteiger partial charge on any atom is -0.379 e. The van der Waals surface area contributed by atoms with E-state index in [9.17, 15) is 13.2 Å². The SMILES string of the molecule is CCN(C(=O)Cn1nc(C)c(S(=O)(=O)N2CCOCC2)c1C)C1=CCCCC1. The molecule has 1 aliphatic heterocycles. The second-order valence-corrected chi connectivity index (χ2v) is 9.13. The number of hydrogen-bond donors (Lipinski definition) is 0. The Balaban J connectivity index is 1.83. The standard InChI is InChI=1S/C19H30N4O4S/c1-4-22(17-8-6-5-7-9-17)18(24)14-23-16(3)19(15(2)20-23)28(25,26)21-10-12-27-13-11-21/h8H,4-7,9-14H2,1-3H3. The third-order valence-corrected chi connectivity index (χ3v) is 7.55. The summed E-state index contributed by atoms with van der Waals surface area (Å²) in [5, 5.41) is 4.39. The van der Waals surface area contributed by atoms with Gasteiger partial charge in [0.05, 0.1) is 24.6 Å². The lowest BCUT2D eigenvalue weighted by atomic mass is 10.0. The maximum atomic E-state index is 13.1. The maximum Gasteiger partial charge on any atom is 0.248 e. The molecule has 9 heteroatoms. The molecule has 156 valence electrons. The van der Waals surface area contributed by atoms with Gasteiger partial charge < -0.3 is 9.64 Å². The number of nitrogens with zero attached hydrogens (tertiary/aromatic N) is 4. The van der Waals surface area contributed by atoms with Crippen molar-refractivity contribution in [3.8, 4) is 0 Å². The van der Waals surface area contributed by atoms with Gasteiger partial charge in [0.2, 0.25) is 15.9 Å². The summed E-state index contributed by atoms with van der Waals surface area (Å²) >= 11 is 0. The highest BCUT2D eigenvalue weighted by Gasteiger charge is 2.32. The zero-order chi connectivity index (χ0) is 20.3. The molecule has 8 nitrogen and oxygen atoms in total. The maximum absolute atomic E-state index is 13.1. The lowest BCUT2D eigenvalue weighted by Crippen LogP contribution is -2.41. The Bertz CT molecular complexity index is 854. The molecular weight excluding hydrogens is 380 g/mol. The van der Waals surface area contributed by atoms with Gasteiger partial charge in [0.1, 0.15) is 11.4 Å². The van der Waals surface area contributed by atoms with Crippen LogP contribution in [0, 0.1) is 13.8 Å². The summed E-state index contributed by atoms with van der Waals surface area (Å²) in [6, 6.07) is 0. The zero-order valence-corrected chi connectivity index (χ0v) is 17.8. The molecule has 1 saturated heterocycles. The summed E-state index contributed by atoms with van der Waals surface area (Å²) in [5.74, 6) is -0.0587. The van der Waals surface area contributed by atoms with Crippen LogP contribution in [0.15, 0.2) is 16.7 Å².